The van der Waals surface area contributed by atoms with Crippen LogP contribution in [0.25, 0.3) is 0 Å². The van der Waals surface area contributed by atoms with Gasteiger partial charge < -0.3 is 9.47 Å². The van der Waals surface area contributed by atoms with Gasteiger partial charge >= 0.3 is 5.97 Å². The molecule has 1 rings (SSSR count). The standard InChI is InChI=1S/C11H12O3S/c1-8(15)14-10(11(12)13-2)9-6-4-3-5-7-9/h3-7,10H,1-2H3. The highest BCUT2D eigenvalue weighted by molar-refractivity contribution is 7.80. The molecule has 0 radical (unpaired) electrons. The normalized spacial score (nSPS) is 11.6. The van der Waals surface area contributed by atoms with Crippen LogP contribution in [0.3, 0.4) is 0 Å². The number of benzene rings is 1. The lowest BCUT2D eigenvalue weighted by molar-refractivity contribution is -0.149. The minimum Gasteiger partial charge on any atom is -0.468 e. The number of methoxy groups -OCH3 is 1. The van der Waals surface area contributed by atoms with Crippen molar-refractivity contribution in [1.29, 1.82) is 0 Å². The quantitative estimate of drug-likeness (QED) is 0.583. The minimum atomic E-state index is -0.770. The first-order valence-corrected chi connectivity index (χ1v) is 4.86. The molecule has 0 aliphatic carbocycles. The number of hydrogen-bond acceptors (Lipinski definition) is 4. The lowest BCUT2D eigenvalue weighted by Gasteiger charge is -2.15. The number of thiocarbonyl (C=S) groups is 1. The van der Waals surface area contributed by atoms with Crippen molar-refractivity contribution in [1.82, 2.24) is 0 Å². The van der Waals surface area contributed by atoms with Gasteiger partial charge in [-0.3, -0.25) is 0 Å². The first-order chi connectivity index (χ1) is 7.15. The van der Waals surface area contributed by atoms with Crippen LogP contribution in [0.2, 0.25) is 0 Å². The molecular weight excluding hydrogens is 212 g/mol. The second kappa shape index (κ2) is 5.46. The first kappa shape index (κ1) is 11.7. The molecule has 80 valence electrons. The highest BCUT2D eigenvalue weighted by Gasteiger charge is 2.22. The van der Waals surface area contributed by atoms with Crippen LogP contribution < -0.4 is 0 Å². The monoisotopic (exact) mass is 224 g/mol. The summed E-state index contributed by atoms with van der Waals surface area (Å²) in [4.78, 5) is 11.4. The fourth-order valence-corrected chi connectivity index (χ4v) is 1.25. The van der Waals surface area contributed by atoms with E-state index in [-0.39, 0.29) is 0 Å². The maximum Gasteiger partial charge on any atom is 0.351 e. The van der Waals surface area contributed by atoms with Gasteiger partial charge in [-0.15, -0.1) is 0 Å². The molecule has 0 aliphatic rings. The Kier molecular flexibility index (Phi) is 4.24. The average Bonchev–Trinajstić information content (AvgIpc) is 2.26. The Morgan fingerprint density at radius 3 is 2.40 bits per heavy atom. The predicted molar refractivity (Wildman–Crippen MR) is 60.6 cm³/mol. The number of rotatable bonds is 3. The third kappa shape index (κ3) is 3.32. The smallest absolute Gasteiger partial charge is 0.351 e. The van der Waals surface area contributed by atoms with Crippen molar-refractivity contribution in [2.75, 3.05) is 7.11 Å². The molecular formula is C11H12O3S. The Balaban J connectivity index is 2.91. The van der Waals surface area contributed by atoms with Gasteiger partial charge in [0.2, 0.25) is 6.10 Å². The van der Waals surface area contributed by atoms with Gasteiger partial charge in [0.05, 0.1) is 7.11 Å². The van der Waals surface area contributed by atoms with Gasteiger partial charge in [0, 0.05) is 12.5 Å². The first-order valence-electron chi connectivity index (χ1n) is 4.45. The summed E-state index contributed by atoms with van der Waals surface area (Å²) >= 11 is 4.81. The van der Waals surface area contributed by atoms with E-state index in [0.717, 1.165) is 5.56 Å². The molecule has 0 bridgehead atoms. The van der Waals surface area contributed by atoms with E-state index in [1.807, 2.05) is 18.2 Å². The molecule has 0 N–H and O–H groups in total. The van der Waals surface area contributed by atoms with E-state index < -0.39 is 12.1 Å². The highest BCUT2D eigenvalue weighted by atomic mass is 32.1. The predicted octanol–water partition coefficient (Wildman–Crippen LogP) is 2.26. The van der Waals surface area contributed by atoms with Crippen LogP contribution in [-0.2, 0) is 14.3 Å². The molecule has 0 aromatic heterocycles. The molecule has 0 saturated carbocycles. The topological polar surface area (TPSA) is 35.5 Å². The summed E-state index contributed by atoms with van der Waals surface area (Å²) < 4.78 is 9.89. The fraction of sp³-hybridized carbons (Fsp3) is 0.273. The molecule has 0 fully saturated rings. The summed E-state index contributed by atoms with van der Waals surface area (Å²) in [6.07, 6.45) is -0.770. The van der Waals surface area contributed by atoms with Crippen LogP contribution >= 0.6 is 12.2 Å². The summed E-state index contributed by atoms with van der Waals surface area (Å²) in [6.45, 7) is 1.62. The van der Waals surface area contributed by atoms with Crippen molar-refractivity contribution in [3.05, 3.63) is 35.9 Å². The van der Waals surface area contributed by atoms with Crippen molar-refractivity contribution < 1.29 is 14.3 Å². The van der Waals surface area contributed by atoms with Crippen molar-refractivity contribution in [3.63, 3.8) is 0 Å². The van der Waals surface area contributed by atoms with Crippen molar-refractivity contribution >= 4 is 23.2 Å². The SMILES string of the molecule is COC(=O)C(OC(C)=S)c1ccccc1. The van der Waals surface area contributed by atoms with E-state index >= 15 is 0 Å². The molecule has 1 aromatic carbocycles. The van der Waals surface area contributed by atoms with E-state index in [1.54, 1.807) is 19.1 Å². The largest absolute Gasteiger partial charge is 0.468 e. The highest BCUT2D eigenvalue weighted by Crippen LogP contribution is 2.18. The zero-order valence-electron chi connectivity index (χ0n) is 8.60. The third-order valence-corrected chi connectivity index (χ3v) is 1.90. The molecule has 0 heterocycles. The lowest BCUT2D eigenvalue weighted by Crippen LogP contribution is -2.19. The molecule has 3 nitrogen and oxygen atoms in total. The minimum absolute atomic E-state index is 0.314. The van der Waals surface area contributed by atoms with Gasteiger partial charge in [-0.1, -0.05) is 30.3 Å². The molecule has 0 spiro atoms. The summed E-state index contributed by atoms with van der Waals surface area (Å²) in [5.41, 5.74) is 0.730. The van der Waals surface area contributed by atoms with Crippen LogP contribution in [0.15, 0.2) is 30.3 Å². The number of esters is 1. The second-order valence-corrected chi connectivity index (χ2v) is 3.50. The van der Waals surface area contributed by atoms with Crippen molar-refractivity contribution in [3.8, 4) is 0 Å². The van der Waals surface area contributed by atoms with E-state index in [4.69, 9.17) is 17.0 Å². The summed E-state index contributed by atoms with van der Waals surface area (Å²) in [7, 11) is 1.32. The zero-order chi connectivity index (χ0) is 11.3. The molecule has 0 amide bonds. The maximum absolute atomic E-state index is 11.4. The Morgan fingerprint density at radius 1 is 1.33 bits per heavy atom. The van der Waals surface area contributed by atoms with Crippen LogP contribution in [0.1, 0.15) is 18.6 Å². The van der Waals surface area contributed by atoms with Crippen LogP contribution in [-0.4, -0.2) is 18.1 Å². The molecule has 1 aromatic rings. The third-order valence-electron chi connectivity index (χ3n) is 1.80. The van der Waals surface area contributed by atoms with E-state index in [1.165, 1.54) is 7.11 Å². The van der Waals surface area contributed by atoms with Gasteiger partial charge in [0.15, 0.2) is 5.05 Å². The number of carbonyl (C=O) groups excluding carboxylic acids is 1. The van der Waals surface area contributed by atoms with Crippen LogP contribution in [0, 0.1) is 0 Å². The Morgan fingerprint density at radius 2 is 1.93 bits per heavy atom. The molecule has 0 saturated heterocycles. The summed E-state index contributed by atoms with van der Waals surface area (Å²) in [6, 6.07) is 9.10. The Hall–Kier alpha value is -1.42. The molecule has 1 unspecified atom stereocenters. The van der Waals surface area contributed by atoms with Crippen molar-refractivity contribution in [2.45, 2.75) is 13.0 Å². The van der Waals surface area contributed by atoms with E-state index in [2.05, 4.69) is 4.74 Å². The zero-order valence-corrected chi connectivity index (χ0v) is 9.41. The Bertz CT molecular complexity index is 348. The molecule has 4 heteroatoms. The fourth-order valence-electron chi connectivity index (χ4n) is 1.15. The molecule has 1 atom stereocenters. The average molecular weight is 224 g/mol. The Labute approximate surface area is 94.0 Å². The maximum atomic E-state index is 11.4. The van der Waals surface area contributed by atoms with E-state index in [0.29, 0.717) is 5.05 Å². The van der Waals surface area contributed by atoms with Gasteiger partial charge in [0.1, 0.15) is 0 Å². The van der Waals surface area contributed by atoms with Gasteiger partial charge in [0.25, 0.3) is 0 Å². The summed E-state index contributed by atoms with van der Waals surface area (Å²) in [5.74, 6) is -0.453. The van der Waals surface area contributed by atoms with Gasteiger partial charge in [-0.2, -0.15) is 0 Å². The number of ether oxygens (including phenoxy) is 2. The van der Waals surface area contributed by atoms with Crippen LogP contribution in [0.5, 0.6) is 0 Å². The molecule has 0 aliphatic heterocycles. The van der Waals surface area contributed by atoms with Crippen molar-refractivity contribution in [2.24, 2.45) is 0 Å². The number of hydrogen-bond donors (Lipinski definition) is 0. The lowest BCUT2D eigenvalue weighted by atomic mass is 10.1. The summed E-state index contributed by atoms with van der Waals surface area (Å²) in [5, 5.41) is 0.314. The second-order valence-electron chi connectivity index (χ2n) is 2.92. The van der Waals surface area contributed by atoms with Gasteiger partial charge in [-0.05, 0) is 12.2 Å². The van der Waals surface area contributed by atoms with Crippen LogP contribution in [0.4, 0.5) is 0 Å². The van der Waals surface area contributed by atoms with E-state index in [9.17, 15) is 4.79 Å². The number of carbonyl (C=O) groups is 1. The molecule has 15 heavy (non-hydrogen) atoms. The van der Waals surface area contributed by atoms with Gasteiger partial charge in [-0.25, -0.2) is 4.79 Å².